The van der Waals surface area contributed by atoms with Gasteiger partial charge in [-0.3, -0.25) is 13.9 Å². The molecule has 0 atom stereocenters. The number of nitrogens with one attached hydrogen (secondary N) is 2. The van der Waals surface area contributed by atoms with E-state index >= 15 is 0 Å². The molecule has 2 amide bonds. The first-order valence-electron chi connectivity index (χ1n) is 10.1. The lowest BCUT2D eigenvalue weighted by Crippen LogP contribution is -2.25. The van der Waals surface area contributed by atoms with E-state index in [2.05, 4.69) is 10.6 Å². The highest BCUT2D eigenvalue weighted by Crippen LogP contribution is 2.30. The summed E-state index contributed by atoms with van der Waals surface area (Å²) in [5.74, 6) is -0.809. The Hall–Kier alpha value is -2.78. The fourth-order valence-corrected chi connectivity index (χ4v) is 5.57. The third kappa shape index (κ3) is 5.31. The number of benzene rings is 3. The van der Waals surface area contributed by atoms with Crippen molar-refractivity contribution >= 4 is 73.7 Å². The number of hydrogen-bond acceptors (Lipinski definition) is 4. The third-order valence-corrected chi connectivity index (χ3v) is 7.93. The van der Waals surface area contributed by atoms with Gasteiger partial charge in [0.15, 0.2) is 0 Å². The molecular formula is C23H18Cl3N3O4S. The molecule has 0 aliphatic carbocycles. The number of anilines is 3. The summed E-state index contributed by atoms with van der Waals surface area (Å²) in [5.41, 5.74) is 1.66. The topological polar surface area (TPSA) is 95.6 Å². The van der Waals surface area contributed by atoms with E-state index in [1.165, 1.54) is 28.6 Å². The molecule has 11 heteroatoms. The van der Waals surface area contributed by atoms with Crippen LogP contribution < -0.4 is 14.9 Å². The van der Waals surface area contributed by atoms with E-state index in [1.54, 1.807) is 36.4 Å². The van der Waals surface area contributed by atoms with Crippen molar-refractivity contribution in [3.05, 3.63) is 86.9 Å². The number of carbonyl (C=O) groups is 2. The zero-order chi connectivity index (χ0) is 24.5. The second-order valence-electron chi connectivity index (χ2n) is 7.52. The predicted octanol–water partition coefficient (Wildman–Crippen LogP) is 5.69. The maximum atomic E-state index is 12.8. The molecule has 3 aromatic rings. The lowest BCUT2D eigenvalue weighted by molar-refractivity contribution is 0.101. The molecule has 0 aromatic heterocycles. The molecule has 176 valence electrons. The highest BCUT2D eigenvalue weighted by Gasteiger charge is 2.29. The number of amides is 2. The van der Waals surface area contributed by atoms with E-state index in [-0.39, 0.29) is 21.4 Å². The van der Waals surface area contributed by atoms with Gasteiger partial charge in [-0.1, -0.05) is 34.8 Å². The maximum Gasteiger partial charge on any atom is 0.257 e. The summed E-state index contributed by atoms with van der Waals surface area (Å²) in [6.07, 6.45) is 0.537. The lowest BCUT2D eigenvalue weighted by Gasteiger charge is -2.18. The maximum absolute atomic E-state index is 12.8. The van der Waals surface area contributed by atoms with E-state index in [9.17, 15) is 18.0 Å². The number of rotatable bonds is 5. The van der Waals surface area contributed by atoms with Gasteiger partial charge in [0.1, 0.15) is 0 Å². The van der Waals surface area contributed by atoms with Crippen LogP contribution in [0.15, 0.2) is 60.7 Å². The van der Waals surface area contributed by atoms with Crippen LogP contribution >= 0.6 is 34.8 Å². The molecule has 1 aliphatic heterocycles. The minimum Gasteiger partial charge on any atom is -0.322 e. The van der Waals surface area contributed by atoms with Crippen LogP contribution in [-0.2, 0) is 10.0 Å². The van der Waals surface area contributed by atoms with Crippen molar-refractivity contribution in [1.82, 2.24) is 0 Å². The zero-order valence-electron chi connectivity index (χ0n) is 17.5. The second-order valence-corrected chi connectivity index (χ2v) is 10.8. The minimum absolute atomic E-state index is 0.0836. The quantitative estimate of drug-likeness (QED) is 0.436. The first-order valence-corrected chi connectivity index (χ1v) is 12.9. The second kappa shape index (κ2) is 9.84. The number of hydrogen-bond donors (Lipinski definition) is 2. The van der Waals surface area contributed by atoms with Crippen molar-refractivity contribution in [2.24, 2.45) is 0 Å². The van der Waals surface area contributed by atoms with Crippen molar-refractivity contribution in [2.45, 2.75) is 6.42 Å². The van der Waals surface area contributed by atoms with E-state index < -0.39 is 21.8 Å². The van der Waals surface area contributed by atoms with Crippen molar-refractivity contribution < 1.29 is 18.0 Å². The summed E-state index contributed by atoms with van der Waals surface area (Å²) in [7, 11) is -3.36. The number of halogens is 3. The Bertz CT molecular complexity index is 1380. The van der Waals surface area contributed by atoms with Crippen LogP contribution in [0.3, 0.4) is 0 Å². The summed E-state index contributed by atoms with van der Waals surface area (Å²) in [6, 6.07) is 15.5. The van der Waals surface area contributed by atoms with Crippen LogP contribution in [0.2, 0.25) is 15.1 Å². The Labute approximate surface area is 211 Å². The first-order chi connectivity index (χ1) is 16.1. The van der Waals surface area contributed by atoms with E-state index in [0.29, 0.717) is 40.6 Å². The smallest absolute Gasteiger partial charge is 0.257 e. The van der Waals surface area contributed by atoms with E-state index in [1.807, 2.05) is 0 Å². The average molecular weight is 539 g/mol. The van der Waals surface area contributed by atoms with Crippen LogP contribution in [0.1, 0.15) is 27.1 Å². The lowest BCUT2D eigenvalue weighted by atomic mass is 10.1. The highest BCUT2D eigenvalue weighted by molar-refractivity contribution is 7.93. The molecule has 0 unspecified atom stereocenters. The Morgan fingerprint density at radius 2 is 1.56 bits per heavy atom. The van der Waals surface area contributed by atoms with Gasteiger partial charge in [0.25, 0.3) is 11.8 Å². The molecule has 0 saturated carbocycles. The number of nitrogens with zero attached hydrogens (tertiary/aromatic N) is 1. The molecule has 1 fully saturated rings. The first kappa shape index (κ1) is 24.3. The Kier molecular flexibility index (Phi) is 7.04. The summed E-state index contributed by atoms with van der Waals surface area (Å²) in [4.78, 5) is 25.3. The van der Waals surface area contributed by atoms with Gasteiger partial charge >= 0.3 is 0 Å². The Balaban J connectivity index is 1.50. The Morgan fingerprint density at radius 1 is 0.824 bits per heavy atom. The molecule has 3 aromatic carbocycles. The molecule has 2 N–H and O–H groups in total. The van der Waals surface area contributed by atoms with Gasteiger partial charge in [0.05, 0.1) is 32.7 Å². The van der Waals surface area contributed by atoms with Crippen LogP contribution in [0, 0.1) is 0 Å². The minimum atomic E-state index is -3.36. The van der Waals surface area contributed by atoms with E-state index in [0.717, 1.165) is 0 Å². The molecule has 7 nitrogen and oxygen atoms in total. The predicted molar refractivity (Wildman–Crippen MR) is 136 cm³/mol. The largest absolute Gasteiger partial charge is 0.322 e. The summed E-state index contributed by atoms with van der Waals surface area (Å²) in [6.45, 7) is 0.375. The highest BCUT2D eigenvalue weighted by atomic mass is 35.5. The van der Waals surface area contributed by atoms with Crippen LogP contribution in [-0.4, -0.2) is 32.5 Å². The monoisotopic (exact) mass is 537 g/mol. The molecule has 4 rings (SSSR count). The Morgan fingerprint density at radius 3 is 2.21 bits per heavy atom. The third-order valence-electron chi connectivity index (χ3n) is 5.16. The zero-order valence-corrected chi connectivity index (χ0v) is 20.6. The van der Waals surface area contributed by atoms with Crippen LogP contribution in [0.25, 0.3) is 0 Å². The summed E-state index contributed by atoms with van der Waals surface area (Å²) >= 11 is 18.4. The number of sulfonamides is 1. The average Bonchev–Trinajstić information content (AvgIpc) is 3.15. The van der Waals surface area contributed by atoms with Crippen molar-refractivity contribution in [3.63, 3.8) is 0 Å². The molecule has 1 heterocycles. The molecule has 0 spiro atoms. The van der Waals surface area contributed by atoms with Gasteiger partial charge in [0, 0.05) is 22.8 Å². The van der Waals surface area contributed by atoms with Gasteiger partial charge in [0.2, 0.25) is 10.0 Å². The fraction of sp³-hybridized carbons (Fsp3) is 0.130. The summed E-state index contributed by atoms with van der Waals surface area (Å²) in [5, 5.41) is 6.32. The van der Waals surface area contributed by atoms with Gasteiger partial charge in [-0.15, -0.1) is 0 Å². The number of carbonyl (C=O) groups excluding carboxylic acids is 2. The van der Waals surface area contributed by atoms with Gasteiger partial charge in [-0.05, 0) is 67.1 Å². The van der Waals surface area contributed by atoms with E-state index in [4.69, 9.17) is 34.8 Å². The van der Waals surface area contributed by atoms with Crippen LogP contribution in [0.4, 0.5) is 17.1 Å². The summed E-state index contributed by atoms with van der Waals surface area (Å²) < 4.78 is 25.6. The molecule has 1 saturated heterocycles. The molecule has 0 radical (unpaired) electrons. The van der Waals surface area contributed by atoms with Crippen molar-refractivity contribution in [2.75, 3.05) is 27.2 Å². The molecule has 34 heavy (non-hydrogen) atoms. The SMILES string of the molecule is O=C(Nc1cc(NC(=O)c2ccc(N3CCCS3(=O)=O)cc2Cl)ccc1Cl)c1ccc(Cl)cc1. The molecule has 1 aliphatic rings. The van der Waals surface area contributed by atoms with Crippen LogP contribution in [0.5, 0.6) is 0 Å². The normalized spacial score (nSPS) is 14.6. The molecule has 0 bridgehead atoms. The molecular weight excluding hydrogens is 521 g/mol. The van der Waals surface area contributed by atoms with Gasteiger partial charge < -0.3 is 10.6 Å². The van der Waals surface area contributed by atoms with Gasteiger partial charge in [-0.25, -0.2) is 8.42 Å². The van der Waals surface area contributed by atoms with Gasteiger partial charge in [-0.2, -0.15) is 0 Å². The van der Waals surface area contributed by atoms with Crippen molar-refractivity contribution in [1.29, 1.82) is 0 Å². The van der Waals surface area contributed by atoms with Crippen molar-refractivity contribution in [3.8, 4) is 0 Å². The standard InChI is InChI=1S/C23H18Cl3N3O4S/c24-15-4-2-14(3-5-15)22(30)28-21-12-16(6-9-19(21)25)27-23(31)18-8-7-17(13-20(18)26)29-10-1-11-34(29,32)33/h2-9,12-13H,1,10-11H2,(H,27,31)(H,28,30). The fourth-order valence-electron chi connectivity index (χ4n) is 3.47.